The summed E-state index contributed by atoms with van der Waals surface area (Å²) in [5, 5.41) is 0. The fraction of sp³-hybridized carbons (Fsp3) is 0.0833. The van der Waals surface area contributed by atoms with Crippen molar-refractivity contribution in [3.05, 3.63) is 24.3 Å². The molecule has 62 valence electrons. The van der Waals surface area contributed by atoms with Gasteiger partial charge in [-0.1, -0.05) is 24.0 Å². The lowest BCUT2D eigenvalue weighted by Crippen LogP contribution is -1.56. The first-order chi connectivity index (χ1) is 6.41. The maximum Gasteiger partial charge on any atom is 0.142 e. The highest BCUT2D eigenvalue weighted by Crippen LogP contribution is 1.72. The lowest BCUT2D eigenvalue weighted by Gasteiger charge is -1.64. The molecule has 0 aromatic carbocycles. The summed E-state index contributed by atoms with van der Waals surface area (Å²) in [6.45, 7) is 1.71. The lowest BCUT2D eigenvalue weighted by atomic mass is 10.4. The molecule has 0 aromatic heterocycles. The molecule has 0 fully saturated rings. The van der Waals surface area contributed by atoms with E-state index < -0.39 is 0 Å². The number of carbonyl (C=O) groups is 1. The normalized spacial score (nSPS) is 7.77. The zero-order chi connectivity index (χ0) is 9.78. The largest absolute Gasteiger partial charge is 0.299 e. The van der Waals surface area contributed by atoms with Crippen molar-refractivity contribution in [3.63, 3.8) is 0 Å². The van der Waals surface area contributed by atoms with Crippen molar-refractivity contribution in [2.24, 2.45) is 0 Å². The van der Waals surface area contributed by atoms with E-state index >= 15 is 0 Å². The lowest BCUT2D eigenvalue weighted by molar-refractivity contribution is -0.104. The van der Waals surface area contributed by atoms with Crippen LogP contribution in [0.2, 0.25) is 0 Å². The molecule has 1 heteroatoms. The number of aldehydes is 1. The van der Waals surface area contributed by atoms with Crippen LogP contribution in [0.25, 0.3) is 0 Å². The Morgan fingerprint density at radius 3 is 2.38 bits per heavy atom. The molecule has 0 aliphatic rings. The van der Waals surface area contributed by atoms with Crippen LogP contribution < -0.4 is 0 Å². The van der Waals surface area contributed by atoms with E-state index in [0.29, 0.717) is 6.29 Å². The maximum absolute atomic E-state index is 9.82. The van der Waals surface area contributed by atoms with E-state index in [0.717, 1.165) is 0 Å². The molecule has 0 rings (SSSR count). The minimum absolute atomic E-state index is 0.703. The second-order valence-corrected chi connectivity index (χ2v) is 1.77. The monoisotopic (exact) mass is 168 g/mol. The van der Waals surface area contributed by atoms with Gasteiger partial charge < -0.3 is 0 Å². The van der Waals surface area contributed by atoms with Crippen LogP contribution in [0.5, 0.6) is 0 Å². The molecule has 0 aliphatic carbocycles. The SMILES string of the molecule is CC#CC#CC#C/C=C/C=C/C=O. The van der Waals surface area contributed by atoms with Gasteiger partial charge in [0.15, 0.2) is 0 Å². The van der Waals surface area contributed by atoms with Crippen molar-refractivity contribution in [1.82, 2.24) is 0 Å². The molecule has 13 heavy (non-hydrogen) atoms. The molecule has 0 N–H and O–H groups in total. The molecule has 0 spiro atoms. The summed E-state index contributed by atoms with van der Waals surface area (Å²) in [7, 11) is 0. The molecule has 0 amide bonds. The number of rotatable bonds is 2. The van der Waals surface area contributed by atoms with Gasteiger partial charge in [-0.05, 0) is 42.8 Å². The first kappa shape index (κ1) is 10.8. The van der Waals surface area contributed by atoms with E-state index in [1.54, 1.807) is 25.2 Å². The Morgan fingerprint density at radius 2 is 1.69 bits per heavy atom. The fourth-order valence-electron chi connectivity index (χ4n) is 0.416. The summed E-state index contributed by atoms with van der Waals surface area (Å²) in [6.07, 6.45) is 6.95. The first-order valence-corrected chi connectivity index (χ1v) is 3.61. The van der Waals surface area contributed by atoms with Gasteiger partial charge in [0.05, 0.1) is 0 Å². The van der Waals surface area contributed by atoms with Crippen LogP contribution in [0.3, 0.4) is 0 Å². The average Bonchev–Trinajstić information content (AvgIpc) is 2.16. The summed E-state index contributed by atoms with van der Waals surface area (Å²) < 4.78 is 0. The molecule has 0 atom stereocenters. The predicted molar refractivity (Wildman–Crippen MR) is 53.3 cm³/mol. The van der Waals surface area contributed by atoms with Crippen molar-refractivity contribution < 1.29 is 4.79 Å². The van der Waals surface area contributed by atoms with E-state index in [1.165, 1.54) is 6.08 Å². The third-order valence-electron chi connectivity index (χ3n) is 0.865. The Morgan fingerprint density at radius 1 is 0.923 bits per heavy atom. The molecule has 0 aliphatic heterocycles. The number of hydrogen-bond acceptors (Lipinski definition) is 1. The zero-order valence-corrected chi connectivity index (χ0v) is 7.29. The van der Waals surface area contributed by atoms with Crippen LogP contribution in [-0.2, 0) is 4.79 Å². The van der Waals surface area contributed by atoms with Gasteiger partial charge in [-0.3, -0.25) is 4.79 Å². The zero-order valence-electron chi connectivity index (χ0n) is 7.29. The van der Waals surface area contributed by atoms with Crippen LogP contribution in [0.1, 0.15) is 6.92 Å². The molecular formula is C12H8O. The third kappa shape index (κ3) is 9.83. The highest BCUT2D eigenvalue weighted by molar-refractivity contribution is 5.65. The van der Waals surface area contributed by atoms with Crippen molar-refractivity contribution in [2.45, 2.75) is 6.92 Å². The Balaban J connectivity index is 3.92. The van der Waals surface area contributed by atoms with Gasteiger partial charge in [0.25, 0.3) is 0 Å². The van der Waals surface area contributed by atoms with Crippen molar-refractivity contribution in [3.8, 4) is 35.5 Å². The Kier molecular flexibility index (Phi) is 8.19. The minimum Gasteiger partial charge on any atom is -0.299 e. The second kappa shape index (κ2) is 9.83. The quantitative estimate of drug-likeness (QED) is 0.263. The van der Waals surface area contributed by atoms with Crippen LogP contribution in [0.15, 0.2) is 24.3 Å². The number of hydrogen-bond donors (Lipinski definition) is 0. The van der Waals surface area contributed by atoms with Crippen molar-refractivity contribution >= 4 is 6.29 Å². The molecule has 0 heterocycles. The van der Waals surface area contributed by atoms with Gasteiger partial charge in [-0.15, -0.1) is 0 Å². The van der Waals surface area contributed by atoms with Gasteiger partial charge in [-0.2, -0.15) is 0 Å². The minimum atomic E-state index is 0.703. The third-order valence-corrected chi connectivity index (χ3v) is 0.865. The van der Waals surface area contributed by atoms with E-state index in [2.05, 4.69) is 35.5 Å². The molecule has 0 bridgehead atoms. The summed E-state index contributed by atoms with van der Waals surface area (Å²) >= 11 is 0. The van der Waals surface area contributed by atoms with Gasteiger partial charge >= 0.3 is 0 Å². The Bertz CT molecular complexity index is 378. The Labute approximate surface area is 78.5 Å². The van der Waals surface area contributed by atoms with Gasteiger partial charge in [0.2, 0.25) is 0 Å². The van der Waals surface area contributed by atoms with Crippen molar-refractivity contribution in [1.29, 1.82) is 0 Å². The summed E-state index contributed by atoms with van der Waals surface area (Å²) in [6, 6.07) is 0. The topological polar surface area (TPSA) is 17.1 Å². The van der Waals surface area contributed by atoms with Gasteiger partial charge in [0, 0.05) is 0 Å². The number of allylic oxidation sites excluding steroid dienone is 4. The smallest absolute Gasteiger partial charge is 0.142 e. The van der Waals surface area contributed by atoms with Crippen LogP contribution >= 0.6 is 0 Å². The maximum atomic E-state index is 9.82. The fourth-order valence-corrected chi connectivity index (χ4v) is 0.416. The molecule has 0 saturated heterocycles. The first-order valence-electron chi connectivity index (χ1n) is 3.61. The molecule has 0 unspecified atom stereocenters. The van der Waals surface area contributed by atoms with Crippen LogP contribution in [0.4, 0.5) is 0 Å². The van der Waals surface area contributed by atoms with E-state index in [1.807, 2.05) is 0 Å². The standard InChI is InChI=1S/C12H8O/c1-2-3-4-5-6-7-8-9-10-11-12-13/h8-12H,1H3/b9-8+,11-10+. The highest BCUT2D eigenvalue weighted by Gasteiger charge is 1.60. The molecular weight excluding hydrogens is 160 g/mol. The predicted octanol–water partition coefficient (Wildman–Crippen LogP) is 1.33. The van der Waals surface area contributed by atoms with E-state index in [9.17, 15) is 4.79 Å². The highest BCUT2D eigenvalue weighted by atomic mass is 16.1. The van der Waals surface area contributed by atoms with Crippen LogP contribution in [0, 0.1) is 35.5 Å². The molecule has 1 nitrogen and oxygen atoms in total. The molecule has 0 aromatic rings. The summed E-state index contributed by atoms with van der Waals surface area (Å²) in [4.78, 5) is 9.82. The van der Waals surface area contributed by atoms with Gasteiger partial charge in [0.1, 0.15) is 6.29 Å². The summed E-state index contributed by atoms with van der Waals surface area (Å²) in [5.74, 6) is 15.5. The van der Waals surface area contributed by atoms with E-state index in [4.69, 9.17) is 0 Å². The Hall–Kier alpha value is -2.17. The molecule has 0 saturated carbocycles. The molecule has 0 radical (unpaired) electrons. The van der Waals surface area contributed by atoms with Crippen molar-refractivity contribution in [2.75, 3.05) is 0 Å². The number of carbonyl (C=O) groups excluding carboxylic acids is 1. The summed E-state index contributed by atoms with van der Waals surface area (Å²) in [5.41, 5.74) is 0. The van der Waals surface area contributed by atoms with Gasteiger partial charge in [-0.25, -0.2) is 0 Å². The second-order valence-electron chi connectivity index (χ2n) is 1.77. The average molecular weight is 168 g/mol. The van der Waals surface area contributed by atoms with Crippen LogP contribution in [-0.4, -0.2) is 6.29 Å². The van der Waals surface area contributed by atoms with E-state index in [-0.39, 0.29) is 0 Å².